The van der Waals surface area contributed by atoms with Crippen LogP contribution in [-0.4, -0.2) is 10.5 Å². The maximum absolute atomic E-state index is 13.1. The minimum atomic E-state index is -1.01. The number of rotatable bonds is 3. The number of hydrogen-bond donors (Lipinski definition) is 2. The summed E-state index contributed by atoms with van der Waals surface area (Å²) in [6.07, 6.45) is 1.66. The van der Waals surface area contributed by atoms with E-state index in [4.69, 9.17) is 5.73 Å². The van der Waals surface area contributed by atoms with Crippen LogP contribution in [0.4, 0.5) is 20.2 Å². The van der Waals surface area contributed by atoms with E-state index in [1.54, 1.807) is 10.8 Å². The van der Waals surface area contributed by atoms with Gasteiger partial charge in [-0.1, -0.05) is 0 Å². The Labute approximate surface area is 115 Å². The lowest BCUT2D eigenvalue weighted by molar-refractivity contribution is 0.101. The second-order valence-electron chi connectivity index (χ2n) is 4.74. The SMILES string of the molecule is CC(C)n1cc(N)cc1C(=O)Nc1ccc(F)c(F)c1. The molecule has 1 heterocycles. The molecule has 1 amide bonds. The van der Waals surface area contributed by atoms with Crippen LogP contribution in [0.5, 0.6) is 0 Å². The minimum Gasteiger partial charge on any atom is -0.397 e. The van der Waals surface area contributed by atoms with Crippen LogP contribution >= 0.6 is 0 Å². The predicted octanol–water partition coefficient (Wildman–Crippen LogP) is 3.18. The van der Waals surface area contributed by atoms with Gasteiger partial charge in [-0.2, -0.15) is 0 Å². The van der Waals surface area contributed by atoms with E-state index in [0.29, 0.717) is 11.4 Å². The van der Waals surface area contributed by atoms with E-state index in [2.05, 4.69) is 5.32 Å². The molecule has 0 unspecified atom stereocenters. The van der Waals surface area contributed by atoms with Crippen molar-refractivity contribution < 1.29 is 13.6 Å². The Kier molecular flexibility index (Phi) is 3.74. The number of halogens is 2. The molecule has 3 N–H and O–H groups in total. The van der Waals surface area contributed by atoms with Crippen molar-refractivity contribution in [3.05, 3.63) is 47.8 Å². The van der Waals surface area contributed by atoms with E-state index in [1.165, 1.54) is 12.1 Å². The van der Waals surface area contributed by atoms with Gasteiger partial charge in [0.1, 0.15) is 5.69 Å². The molecule has 2 aromatic rings. The fraction of sp³-hybridized carbons (Fsp3) is 0.214. The van der Waals surface area contributed by atoms with Gasteiger partial charge in [-0.15, -0.1) is 0 Å². The van der Waals surface area contributed by atoms with E-state index in [1.807, 2.05) is 13.8 Å². The number of hydrogen-bond acceptors (Lipinski definition) is 2. The molecule has 106 valence electrons. The fourth-order valence-corrected chi connectivity index (χ4v) is 1.88. The number of carbonyl (C=O) groups excluding carboxylic acids is 1. The molecular formula is C14H15F2N3O. The van der Waals surface area contributed by atoms with Crippen LogP contribution in [0.2, 0.25) is 0 Å². The highest BCUT2D eigenvalue weighted by Crippen LogP contribution is 2.19. The molecule has 20 heavy (non-hydrogen) atoms. The van der Waals surface area contributed by atoms with Gasteiger partial charge in [-0.25, -0.2) is 8.78 Å². The zero-order valence-electron chi connectivity index (χ0n) is 11.2. The second-order valence-corrected chi connectivity index (χ2v) is 4.74. The molecule has 0 aliphatic rings. The molecule has 0 saturated heterocycles. The number of nitrogens with one attached hydrogen (secondary N) is 1. The lowest BCUT2D eigenvalue weighted by Gasteiger charge is -2.12. The van der Waals surface area contributed by atoms with Crippen LogP contribution in [0.25, 0.3) is 0 Å². The third kappa shape index (κ3) is 2.79. The number of anilines is 2. The second kappa shape index (κ2) is 5.32. The normalized spacial score (nSPS) is 10.8. The Morgan fingerprint density at radius 2 is 1.95 bits per heavy atom. The molecule has 6 heteroatoms. The van der Waals surface area contributed by atoms with Crippen LogP contribution in [0.3, 0.4) is 0 Å². The molecule has 0 fully saturated rings. The quantitative estimate of drug-likeness (QED) is 0.906. The summed E-state index contributed by atoms with van der Waals surface area (Å²) in [6.45, 7) is 3.82. The number of nitrogen functional groups attached to an aromatic ring is 1. The van der Waals surface area contributed by atoms with Crippen molar-refractivity contribution in [1.82, 2.24) is 4.57 Å². The molecule has 0 bridgehead atoms. The van der Waals surface area contributed by atoms with Gasteiger partial charge < -0.3 is 15.6 Å². The number of nitrogens with two attached hydrogens (primary N) is 1. The maximum atomic E-state index is 13.1. The predicted molar refractivity (Wildman–Crippen MR) is 73.5 cm³/mol. The van der Waals surface area contributed by atoms with E-state index < -0.39 is 17.5 Å². The van der Waals surface area contributed by atoms with Crippen LogP contribution in [0, 0.1) is 11.6 Å². The zero-order chi connectivity index (χ0) is 14.9. The van der Waals surface area contributed by atoms with Crippen LogP contribution in [0.15, 0.2) is 30.5 Å². The van der Waals surface area contributed by atoms with Crippen molar-refractivity contribution in [3.63, 3.8) is 0 Å². The third-order valence-corrected chi connectivity index (χ3v) is 2.84. The van der Waals surface area contributed by atoms with Crippen molar-refractivity contribution in [2.45, 2.75) is 19.9 Å². The van der Waals surface area contributed by atoms with Crippen molar-refractivity contribution >= 4 is 17.3 Å². The number of nitrogens with zero attached hydrogens (tertiary/aromatic N) is 1. The van der Waals surface area contributed by atoms with Gasteiger partial charge in [-0.05, 0) is 32.0 Å². The average molecular weight is 279 g/mol. The average Bonchev–Trinajstić information content (AvgIpc) is 2.76. The van der Waals surface area contributed by atoms with Gasteiger partial charge in [0.2, 0.25) is 0 Å². The summed E-state index contributed by atoms with van der Waals surface area (Å²) < 4.78 is 27.6. The largest absolute Gasteiger partial charge is 0.397 e. The summed E-state index contributed by atoms with van der Waals surface area (Å²) in [5.74, 6) is -2.40. The number of benzene rings is 1. The summed E-state index contributed by atoms with van der Waals surface area (Å²) in [5.41, 5.74) is 6.70. The smallest absolute Gasteiger partial charge is 0.272 e. The lowest BCUT2D eigenvalue weighted by Crippen LogP contribution is -2.17. The van der Waals surface area contributed by atoms with Gasteiger partial charge in [0.05, 0.1) is 5.69 Å². The van der Waals surface area contributed by atoms with E-state index in [-0.39, 0.29) is 11.7 Å². The summed E-state index contributed by atoms with van der Waals surface area (Å²) in [6, 6.07) is 4.77. The number of carbonyl (C=O) groups is 1. The lowest BCUT2D eigenvalue weighted by atomic mass is 10.2. The van der Waals surface area contributed by atoms with Gasteiger partial charge >= 0.3 is 0 Å². The molecule has 2 rings (SSSR count). The first-order chi connectivity index (χ1) is 9.38. The Morgan fingerprint density at radius 3 is 2.55 bits per heavy atom. The molecule has 0 saturated carbocycles. The summed E-state index contributed by atoms with van der Waals surface area (Å²) >= 11 is 0. The molecule has 0 spiro atoms. The van der Waals surface area contributed by atoms with Crippen LogP contribution in [0.1, 0.15) is 30.4 Å². The summed E-state index contributed by atoms with van der Waals surface area (Å²) in [5, 5.41) is 2.51. The van der Waals surface area contributed by atoms with E-state index in [0.717, 1.165) is 12.1 Å². The molecule has 4 nitrogen and oxygen atoms in total. The highest BCUT2D eigenvalue weighted by atomic mass is 19.2. The topological polar surface area (TPSA) is 60.0 Å². The molecular weight excluding hydrogens is 264 g/mol. The van der Waals surface area contributed by atoms with E-state index >= 15 is 0 Å². The van der Waals surface area contributed by atoms with E-state index in [9.17, 15) is 13.6 Å². The van der Waals surface area contributed by atoms with Gasteiger partial charge in [0, 0.05) is 24.0 Å². The molecule has 1 aromatic carbocycles. The van der Waals surface area contributed by atoms with Crippen molar-refractivity contribution in [3.8, 4) is 0 Å². The highest BCUT2D eigenvalue weighted by Gasteiger charge is 2.15. The van der Waals surface area contributed by atoms with Gasteiger partial charge in [0.25, 0.3) is 5.91 Å². The first-order valence-corrected chi connectivity index (χ1v) is 6.12. The Morgan fingerprint density at radius 1 is 1.25 bits per heavy atom. The first-order valence-electron chi connectivity index (χ1n) is 6.12. The zero-order valence-corrected chi connectivity index (χ0v) is 11.2. The summed E-state index contributed by atoms with van der Waals surface area (Å²) in [7, 11) is 0. The van der Waals surface area contributed by atoms with Crippen LogP contribution in [-0.2, 0) is 0 Å². The molecule has 1 aromatic heterocycles. The molecule has 0 atom stereocenters. The standard InChI is InChI=1S/C14H15F2N3O/c1-8(2)19-7-9(17)5-13(19)14(20)18-10-3-4-11(15)12(16)6-10/h3-8H,17H2,1-2H3,(H,18,20). The molecule has 0 aliphatic heterocycles. The Hall–Kier alpha value is -2.37. The third-order valence-electron chi connectivity index (χ3n) is 2.84. The first kappa shape index (κ1) is 14.0. The summed E-state index contributed by atoms with van der Waals surface area (Å²) in [4.78, 5) is 12.1. The molecule has 0 aliphatic carbocycles. The van der Waals surface area contributed by atoms with Gasteiger partial charge in [0.15, 0.2) is 11.6 Å². The molecule has 0 radical (unpaired) electrons. The minimum absolute atomic E-state index is 0.0537. The van der Waals surface area contributed by atoms with Gasteiger partial charge in [-0.3, -0.25) is 4.79 Å². The van der Waals surface area contributed by atoms with Crippen molar-refractivity contribution in [2.75, 3.05) is 11.1 Å². The fourth-order valence-electron chi connectivity index (χ4n) is 1.88. The Bertz CT molecular complexity index is 650. The monoisotopic (exact) mass is 279 g/mol. The number of aromatic nitrogens is 1. The highest BCUT2D eigenvalue weighted by molar-refractivity contribution is 6.03. The number of amides is 1. The van der Waals surface area contributed by atoms with Crippen molar-refractivity contribution in [2.24, 2.45) is 0 Å². The van der Waals surface area contributed by atoms with Crippen LogP contribution < -0.4 is 11.1 Å². The Balaban J connectivity index is 2.26. The van der Waals surface area contributed by atoms with Crippen molar-refractivity contribution in [1.29, 1.82) is 0 Å². The maximum Gasteiger partial charge on any atom is 0.272 e.